The summed E-state index contributed by atoms with van der Waals surface area (Å²) in [4.78, 5) is 4.67. The minimum atomic E-state index is 0.787. The lowest BCUT2D eigenvalue weighted by molar-refractivity contribution is 0.805. The number of hydrogen-bond acceptors (Lipinski definition) is 3. The summed E-state index contributed by atoms with van der Waals surface area (Å²) in [5.74, 6) is 0.787. The van der Waals surface area contributed by atoms with Crippen molar-refractivity contribution < 1.29 is 0 Å². The van der Waals surface area contributed by atoms with Gasteiger partial charge < -0.3 is 0 Å². The molecule has 0 unspecified atom stereocenters. The third-order valence-electron chi connectivity index (χ3n) is 3.40. The number of rotatable bonds is 1. The van der Waals surface area contributed by atoms with Crippen LogP contribution in [0.2, 0.25) is 0 Å². The summed E-state index contributed by atoms with van der Waals surface area (Å²) >= 11 is 0. The third kappa shape index (κ3) is 1.66. The highest BCUT2D eigenvalue weighted by atomic mass is 15.4. The Morgan fingerprint density at radius 1 is 0.900 bits per heavy atom. The van der Waals surface area contributed by atoms with Gasteiger partial charge in [0.1, 0.15) is 5.52 Å². The number of aromatic nitrogens is 4. The van der Waals surface area contributed by atoms with Crippen molar-refractivity contribution in [1.29, 1.82) is 0 Å². The van der Waals surface area contributed by atoms with E-state index in [1.165, 1.54) is 5.56 Å². The van der Waals surface area contributed by atoms with E-state index in [1.54, 1.807) is 4.68 Å². The van der Waals surface area contributed by atoms with Crippen molar-refractivity contribution in [1.82, 2.24) is 20.0 Å². The Bertz CT molecular complexity index is 924. The van der Waals surface area contributed by atoms with Crippen LogP contribution in [-0.4, -0.2) is 20.0 Å². The minimum Gasteiger partial charge on any atom is -0.229 e. The van der Waals surface area contributed by atoms with Crippen molar-refractivity contribution in [3.63, 3.8) is 0 Å². The maximum atomic E-state index is 4.67. The van der Waals surface area contributed by atoms with Crippen LogP contribution in [0, 0.1) is 6.92 Å². The third-order valence-corrected chi connectivity index (χ3v) is 3.40. The summed E-state index contributed by atoms with van der Waals surface area (Å²) < 4.78 is 1.77. The average Bonchev–Trinajstić information content (AvgIpc) is 2.91. The molecule has 2 aromatic carbocycles. The van der Waals surface area contributed by atoms with E-state index in [0.29, 0.717) is 0 Å². The summed E-state index contributed by atoms with van der Waals surface area (Å²) in [5.41, 5.74) is 4.04. The van der Waals surface area contributed by atoms with Gasteiger partial charge in [-0.2, -0.15) is 4.68 Å². The molecule has 0 radical (unpaired) electrons. The number of hydrogen-bond donors (Lipinski definition) is 0. The van der Waals surface area contributed by atoms with Gasteiger partial charge in [-0.3, -0.25) is 0 Å². The molecule has 2 heterocycles. The Hall–Kier alpha value is -2.75. The van der Waals surface area contributed by atoms with Gasteiger partial charge in [0.25, 0.3) is 0 Å². The van der Waals surface area contributed by atoms with Gasteiger partial charge in [-0.15, -0.1) is 5.10 Å². The quantitative estimate of drug-likeness (QED) is 0.527. The van der Waals surface area contributed by atoms with Crippen LogP contribution in [0.5, 0.6) is 0 Å². The zero-order valence-corrected chi connectivity index (χ0v) is 11.0. The molecule has 0 bridgehead atoms. The second-order valence-electron chi connectivity index (χ2n) is 4.86. The summed E-state index contributed by atoms with van der Waals surface area (Å²) in [5, 5.41) is 9.49. The van der Waals surface area contributed by atoms with E-state index in [9.17, 15) is 0 Å². The second-order valence-corrected chi connectivity index (χ2v) is 4.86. The van der Waals surface area contributed by atoms with Crippen molar-refractivity contribution in [3.8, 4) is 5.82 Å². The fraction of sp³-hybridized carbons (Fsp3) is 0.0625. The number of benzene rings is 2. The number of aryl methyl sites for hydroxylation is 1. The molecule has 2 aromatic heterocycles. The first-order valence-electron chi connectivity index (χ1n) is 6.49. The molecule has 0 aliphatic heterocycles. The van der Waals surface area contributed by atoms with Crippen LogP contribution < -0.4 is 0 Å². The highest BCUT2D eigenvalue weighted by Gasteiger charge is 2.07. The first kappa shape index (κ1) is 11.1. The van der Waals surface area contributed by atoms with Crippen LogP contribution in [0.1, 0.15) is 5.56 Å². The Balaban J connectivity index is 1.96. The van der Waals surface area contributed by atoms with Gasteiger partial charge >= 0.3 is 0 Å². The van der Waals surface area contributed by atoms with Gasteiger partial charge in [-0.05, 0) is 43.3 Å². The van der Waals surface area contributed by atoms with Crippen molar-refractivity contribution in [2.75, 3.05) is 0 Å². The highest BCUT2D eigenvalue weighted by Crippen LogP contribution is 2.19. The molecule has 0 saturated heterocycles. The molecule has 4 nitrogen and oxygen atoms in total. The summed E-state index contributed by atoms with van der Waals surface area (Å²) in [7, 11) is 0. The summed E-state index contributed by atoms with van der Waals surface area (Å²) in [6, 6.07) is 18.2. The van der Waals surface area contributed by atoms with Gasteiger partial charge in [-0.1, -0.05) is 29.0 Å². The molecule has 4 aromatic rings. The second kappa shape index (κ2) is 4.13. The van der Waals surface area contributed by atoms with Crippen LogP contribution in [-0.2, 0) is 0 Å². The number of fused-ring (bicyclic) bond motifs is 2. The Labute approximate surface area is 115 Å². The van der Waals surface area contributed by atoms with Crippen molar-refractivity contribution >= 4 is 21.9 Å². The molecule has 0 aliphatic rings. The van der Waals surface area contributed by atoms with E-state index in [-0.39, 0.29) is 0 Å². The molecule has 4 rings (SSSR count). The monoisotopic (exact) mass is 260 g/mol. The van der Waals surface area contributed by atoms with Gasteiger partial charge in [0.2, 0.25) is 0 Å². The lowest BCUT2D eigenvalue weighted by atomic mass is 10.1. The average molecular weight is 260 g/mol. The number of para-hydroxylation sites is 1. The lowest BCUT2D eigenvalue weighted by Crippen LogP contribution is -1.99. The smallest absolute Gasteiger partial charge is 0.156 e. The Morgan fingerprint density at radius 2 is 1.80 bits per heavy atom. The SMILES string of the molecule is Cc1ccc2nc(-n3nnc4ccccc43)ccc2c1. The van der Waals surface area contributed by atoms with Gasteiger partial charge in [-0.25, -0.2) is 4.98 Å². The maximum Gasteiger partial charge on any atom is 0.156 e. The molecule has 0 aliphatic carbocycles. The molecular formula is C16H12N4. The molecule has 20 heavy (non-hydrogen) atoms. The van der Waals surface area contributed by atoms with E-state index in [4.69, 9.17) is 0 Å². The summed E-state index contributed by atoms with van der Waals surface area (Å²) in [6.07, 6.45) is 0. The Morgan fingerprint density at radius 3 is 2.75 bits per heavy atom. The largest absolute Gasteiger partial charge is 0.229 e. The fourth-order valence-electron chi connectivity index (χ4n) is 2.39. The molecule has 0 atom stereocenters. The number of nitrogens with zero attached hydrogens (tertiary/aromatic N) is 4. The van der Waals surface area contributed by atoms with E-state index < -0.39 is 0 Å². The maximum absolute atomic E-state index is 4.67. The van der Waals surface area contributed by atoms with Crippen LogP contribution in [0.25, 0.3) is 27.8 Å². The van der Waals surface area contributed by atoms with Gasteiger partial charge in [0.05, 0.1) is 11.0 Å². The van der Waals surface area contributed by atoms with Crippen molar-refractivity contribution in [2.45, 2.75) is 6.92 Å². The predicted molar refractivity (Wildman–Crippen MR) is 78.9 cm³/mol. The topological polar surface area (TPSA) is 43.6 Å². The standard InChI is InChI=1S/C16H12N4/c1-11-6-8-13-12(10-11)7-9-16(17-13)20-15-5-3-2-4-14(15)18-19-20/h2-10H,1H3. The molecule has 4 heteroatoms. The molecular weight excluding hydrogens is 248 g/mol. The van der Waals surface area contributed by atoms with Crippen LogP contribution in [0.3, 0.4) is 0 Å². The first-order chi connectivity index (χ1) is 9.81. The normalized spacial score (nSPS) is 11.2. The van der Waals surface area contributed by atoms with Gasteiger partial charge in [0.15, 0.2) is 5.82 Å². The molecule has 0 spiro atoms. The van der Waals surface area contributed by atoms with Crippen LogP contribution in [0.15, 0.2) is 54.6 Å². The molecule has 96 valence electrons. The molecule has 0 fully saturated rings. The van der Waals surface area contributed by atoms with E-state index in [2.05, 4.69) is 40.4 Å². The first-order valence-corrected chi connectivity index (χ1v) is 6.49. The lowest BCUT2D eigenvalue weighted by Gasteiger charge is -2.04. The molecule has 0 saturated carbocycles. The van der Waals surface area contributed by atoms with Crippen LogP contribution in [0.4, 0.5) is 0 Å². The van der Waals surface area contributed by atoms with Gasteiger partial charge in [0, 0.05) is 5.39 Å². The fourth-order valence-corrected chi connectivity index (χ4v) is 2.39. The summed E-state index contributed by atoms with van der Waals surface area (Å²) in [6.45, 7) is 2.08. The van der Waals surface area contributed by atoms with E-state index in [1.807, 2.05) is 36.4 Å². The Kier molecular flexibility index (Phi) is 2.29. The predicted octanol–water partition coefficient (Wildman–Crippen LogP) is 3.28. The minimum absolute atomic E-state index is 0.787. The highest BCUT2D eigenvalue weighted by molar-refractivity contribution is 5.81. The van der Waals surface area contributed by atoms with Crippen LogP contribution >= 0.6 is 0 Å². The zero-order chi connectivity index (χ0) is 13.5. The van der Waals surface area contributed by atoms with E-state index >= 15 is 0 Å². The number of pyridine rings is 1. The molecule has 0 N–H and O–H groups in total. The zero-order valence-electron chi connectivity index (χ0n) is 11.0. The molecule has 0 amide bonds. The van der Waals surface area contributed by atoms with E-state index in [0.717, 1.165) is 27.8 Å². The van der Waals surface area contributed by atoms with Crippen molar-refractivity contribution in [2.24, 2.45) is 0 Å². The van der Waals surface area contributed by atoms with Crippen molar-refractivity contribution in [3.05, 3.63) is 60.2 Å².